The number of unbranched alkanes of at least 4 members (excludes halogenated alkanes) is 1. The molecule has 1 aromatic rings. The number of nitrogens with zero attached hydrogens (tertiary/aromatic N) is 1. The molecular formula is C29H42N10O8. The molecule has 256 valence electrons. The summed E-state index contributed by atoms with van der Waals surface area (Å²) in [6.07, 6.45) is 0.850. The molecule has 18 nitrogen and oxygen atoms in total. The number of hydrogen-bond donors (Lipinski definition) is 10. The summed E-state index contributed by atoms with van der Waals surface area (Å²) in [5.74, 6) is -6.25. The third-order valence-electron chi connectivity index (χ3n) is 6.93. The summed E-state index contributed by atoms with van der Waals surface area (Å²) >= 11 is 0. The van der Waals surface area contributed by atoms with Gasteiger partial charge in [0.05, 0.1) is 19.2 Å². The maximum atomic E-state index is 13.7. The van der Waals surface area contributed by atoms with E-state index in [0.717, 1.165) is 0 Å². The van der Waals surface area contributed by atoms with Crippen molar-refractivity contribution in [2.24, 2.45) is 16.5 Å². The maximum Gasteiger partial charge on any atom is 0.305 e. The third-order valence-corrected chi connectivity index (χ3v) is 6.93. The molecule has 0 aromatic heterocycles. The van der Waals surface area contributed by atoms with Gasteiger partial charge in [-0.25, -0.2) is 0 Å². The molecule has 0 aliphatic carbocycles. The van der Waals surface area contributed by atoms with Crippen molar-refractivity contribution >= 4 is 53.6 Å². The van der Waals surface area contributed by atoms with Crippen molar-refractivity contribution in [3.05, 3.63) is 35.9 Å². The molecule has 1 aliphatic rings. The summed E-state index contributed by atoms with van der Waals surface area (Å²) in [4.78, 5) is 93.0. The lowest BCUT2D eigenvalue weighted by Crippen LogP contribution is -2.58. The van der Waals surface area contributed by atoms with Gasteiger partial charge in [0.25, 0.3) is 5.91 Å². The van der Waals surface area contributed by atoms with Gasteiger partial charge in [0.15, 0.2) is 5.96 Å². The summed E-state index contributed by atoms with van der Waals surface area (Å²) in [6.45, 7) is -0.307. The molecule has 2 rings (SSSR count). The Morgan fingerprint density at radius 2 is 1.45 bits per heavy atom. The monoisotopic (exact) mass is 658 g/mol. The predicted molar refractivity (Wildman–Crippen MR) is 169 cm³/mol. The van der Waals surface area contributed by atoms with Gasteiger partial charge in [-0.15, -0.1) is 0 Å². The van der Waals surface area contributed by atoms with E-state index >= 15 is 0 Å². The molecule has 0 saturated carbocycles. The highest BCUT2D eigenvalue weighted by Crippen LogP contribution is 2.09. The van der Waals surface area contributed by atoms with E-state index in [1.807, 2.05) is 0 Å². The topological polar surface area (TPSA) is 300 Å². The van der Waals surface area contributed by atoms with Crippen LogP contribution in [0.3, 0.4) is 0 Å². The largest absolute Gasteiger partial charge is 0.481 e. The number of nitrogens with one attached hydrogen (secondary N) is 7. The second kappa shape index (κ2) is 19.8. The lowest BCUT2D eigenvalue weighted by atomic mass is 10.0. The molecule has 0 unspecified atom stereocenters. The summed E-state index contributed by atoms with van der Waals surface area (Å²) < 4.78 is 0. The van der Waals surface area contributed by atoms with Gasteiger partial charge in [-0.2, -0.15) is 0 Å². The first kappa shape index (κ1) is 37.6. The highest BCUT2D eigenvalue weighted by molar-refractivity contribution is 6.24. The van der Waals surface area contributed by atoms with Gasteiger partial charge in [0.1, 0.15) is 24.2 Å². The number of carbonyl (C=O) groups is 7. The zero-order valence-corrected chi connectivity index (χ0v) is 25.8. The number of carbonyl (C=O) groups excluding carboxylic acids is 6. The minimum atomic E-state index is -1.59. The Kier molecular flexibility index (Phi) is 15.8. The Balaban J connectivity index is 2.43. The number of benzene rings is 1. The molecule has 1 heterocycles. The molecule has 0 radical (unpaired) electrons. The molecule has 6 amide bonds. The van der Waals surface area contributed by atoms with Gasteiger partial charge >= 0.3 is 5.97 Å². The van der Waals surface area contributed by atoms with Crippen LogP contribution < -0.4 is 43.4 Å². The van der Waals surface area contributed by atoms with Crippen molar-refractivity contribution in [3.63, 3.8) is 0 Å². The third kappa shape index (κ3) is 14.4. The van der Waals surface area contributed by atoms with Gasteiger partial charge in [-0.1, -0.05) is 30.3 Å². The molecule has 47 heavy (non-hydrogen) atoms. The molecule has 1 saturated heterocycles. The van der Waals surface area contributed by atoms with Crippen molar-refractivity contribution in [2.75, 3.05) is 19.6 Å². The van der Waals surface area contributed by atoms with E-state index in [2.05, 4.69) is 36.9 Å². The van der Waals surface area contributed by atoms with Crippen molar-refractivity contribution < 1.29 is 38.7 Å². The number of amides is 6. The number of guanidine groups is 1. The molecule has 0 spiro atoms. The van der Waals surface area contributed by atoms with Crippen LogP contribution in [-0.2, 0) is 40.0 Å². The van der Waals surface area contributed by atoms with Crippen molar-refractivity contribution in [1.82, 2.24) is 31.9 Å². The van der Waals surface area contributed by atoms with Crippen LogP contribution >= 0.6 is 0 Å². The van der Waals surface area contributed by atoms with Crippen LogP contribution in [0.15, 0.2) is 35.3 Å². The van der Waals surface area contributed by atoms with Crippen LogP contribution in [0.1, 0.15) is 44.1 Å². The number of carboxylic acid groups (broad SMARTS) is 1. The van der Waals surface area contributed by atoms with Gasteiger partial charge in [-0.3, -0.25) is 38.6 Å². The number of nitrogens with two attached hydrogens (primary N) is 2. The number of aliphatic carboxylic acids is 1. The van der Waals surface area contributed by atoms with Gasteiger partial charge in [0, 0.05) is 19.5 Å². The Morgan fingerprint density at radius 3 is 2.09 bits per heavy atom. The minimum absolute atomic E-state index is 0.0381. The lowest BCUT2D eigenvalue weighted by molar-refractivity contribution is -0.141. The highest BCUT2D eigenvalue weighted by Gasteiger charge is 2.33. The molecule has 1 fully saturated rings. The Morgan fingerprint density at radius 1 is 0.851 bits per heavy atom. The summed E-state index contributed by atoms with van der Waals surface area (Å²) in [5, 5.41) is 31.3. The van der Waals surface area contributed by atoms with E-state index in [0.29, 0.717) is 24.6 Å². The minimum Gasteiger partial charge on any atom is -0.481 e. The van der Waals surface area contributed by atoms with Crippen LogP contribution in [0, 0.1) is 5.41 Å². The fourth-order valence-corrected chi connectivity index (χ4v) is 4.57. The lowest BCUT2D eigenvalue weighted by Gasteiger charge is -2.26. The summed E-state index contributed by atoms with van der Waals surface area (Å²) in [6, 6.07) is 3.35. The normalized spacial score (nSPS) is 20.9. The van der Waals surface area contributed by atoms with Gasteiger partial charge in [0.2, 0.25) is 29.5 Å². The number of aliphatic imine (C=N–C) groups is 1. The second-order valence-corrected chi connectivity index (χ2v) is 10.7. The molecule has 4 atom stereocenters. The first-order chi connectivity index (χ1) is 22.4. The van der Waals surface area contributed by atoms with E-state index in [9.17, 15) is 38.7 Å². The molecule has 1 aromatic carbocycles. The summed E-state index contributed by atoms with van der Waals surface area (Å²) in [5.41, 5.74) is 11.4. The van der Waals surface area contributed by atoms with E-state index in [4.69, 9.17) is 16.9 Å². The quantitative estimate of drug-likeness (QED) is 0.0541. The highest BCUT2D eigenvalue weighted by atomic mass is 16.4. The van der Waals surface area contributed by atoms with Crippen LogP contribution in [0.2, 0.25) is 0 Å². The first-order valence-corrected chi connectivity index (χ1v) is 15.0. The van der Waals surface area contributed by atoms with Gasteiger partial charge in [-0.05, 0) is 37.7 Å². The maximum absolute atomic E-state index is 13.7. The van der Waals surface area contributed by atoms with Crippen LogP contribution in [0.25, 0.3) is 0 Å². The zero-order chi connectivity index (χ0) is 34.8. The fourth-order valence-electron chi connectivity index (χ4n) is 4.57. The average molecular weight is 659 g/mol. The molecule has 0 bridgehead atoms. The van der Waals surface area contributed by atoms with Crippen LogP contribution in [0.4, 0.5) is 0 Å². The van der Waals surface area contributed by atoms with Crippen LogP contribution in [0.5, 0.6) is 0 Å². The number of carboxylic acids is 1. The van der Waals surface area contributed by atoms with Crippen LogP contribution in [-0.4, -0.2) is 102 Å². The molecule has 18 heteroatoms. The smallest absolute Gasteiger partial charge is 0.305 e. The number of hydrogen-bond acceptors (Lipinski definition) is 9. The summed E-state index contributed by atoms with van der Waals surface area (Å²) in [7, 11) is 0. The van der Waals surface area contributed by atoms with Crippen molar-refractivity contribution in [1.29, 1.82) is 5.41 Å². The standard InChI is InChI=1S/C29H42N10O8/c30-15-22(40)33-11-5-4-9-19-26(45)37-18(10-6-12-34-29(31)32)25(44)35-16-23(41)36-21(14-24(42)43)28(47)39-20(27(46)38-19)13-17-7-2-1-3-8-17/h1-3,7-8,15,18-21,30H,4-6,9-14,16H2,(H,33,40)(H,35,44)(H,36,41)(H,37,45)(H,38,46)(H,39,47)(H,42,43)(H4,31,32,34)/t18-,19-,20+,21-/m0/s1. The average Bonchev–Trinajstić information content (AvgIpc) is 3.03. The zero-order valence-electron chi connectivity index (χ0n) is 25.8. The van der Waals surface area contributed by atoms with Gasteiger partial charge < -0.3 is 53.9 Å². The van der Waals surface area contributed by atoms with E-state index in [-0.39, 0.29) is 44.7 Å². The van der Waals surface area contributed by atoms with E-state index in [1.54, 1.807) is 30.3 Å². The van der Waals surface area contributed by atoms with E-state index < -0.39 is 78.5 Å². The van der Waals surface area contributed by atoms with E-state index in [1.165, 1.54) is 0 Å². The predicted octanol–water partition coefficient (Wildman–Crippen LogP) is -3.24. The Bertz CT molecular complexity index is 1320. The second-order valence-electron chi connectivity index (χ2n) is 10.7. The first-order valence-electron chi connectivity index (χ1n) is 15.0. The SMILES string of the molecule is N=CC(=O)NCCCC[C@@H]1NC(=O)[C@@H](Cc2ccccc2)NC(=O)[C@H](CC(=O)O)NC(=O)CNC(=O)[C@H](CCCN=C(N)N)NC1=O. The molecule has 1 aliphatic heterocycles. The van der Waals surface area contributed by atoms with Crippen molar-refractivity contribution in [3.8, 4) is 0 Å². The Labute approximate surface area is 270 Å². The molecular weight excluding hydrogens is 616 g/mol. The number of rotatable bonds is 14. The fraction of sp³-hybridized carbons (Fsp3) is 0.483. The molecule has 12 N–H and O–H groups in total. The van der Waals surface area contributed by atoms with Crippen molar-refractivity contribution in [2.45, 2.75) is 69.1 Å². The Hall–Kier alpha value is -5.55.